The van der Waals surface area contributed by atoms with Crippen LogP contribution >= 0.6 is 11.6 Å². The molecule has 0 N–H and O–H groups in total. The van der Waals surface area contributed by atoms with Gasteiger partial charge in [-0.25, -0.2) is 18.4 Å². The highest BCUT2D eigenvalue weighted by molar-refractivity contribution is 7.90. The number of hydrogen-bond donors (Lipinski definition) is 0. The topological polar surface area (TPSA) is 63.2 Å². The van der Waals surface area contributed by atoms with Crippen molar-refractivity contribution in [3.05, 3.63) is 17.0 Å². The fraction of sp³-hybridized carbons (Fsp3) is 0.556. The van der Waals surface area contributed by atoms with E-state index in [9.17, 15) is 8.42 Å². The van der Waals surface area contributed by atoms with Crippen molar-refractivity contribution in [3.63, 3.8) is 0 Å². The minimum Gasteiger partial charge on any atom is -0.359 e. The maximum Gasteiger partial charge on any atom is 0.149 e. The fourth-order valence-corrected chi connectivity index (χ4v) is 1.95. The molecule has 1 rings (SSSR count). The number of aryl methyl sites for hydroxylation is 1. The molecule has 90 valence electrons. The Labute approximate surface area is 100 Å². The van der Waals surface area contributed by atoms with Crippen LogP contribution in [0.3, 0.4) is 0 Å². The third kappa shape index (κ3) is 4.32. The summed E-state index contributed by atoms with van der Waals surface area (Å²) in [6.07, 6.45) is 1.21. The second-order valence-electron chi connectivity index (χ2n) is 3.65. The summed E-state index contributed by atoms with van der Waals surface area (Å²) in [5.74, 6) is 1.28. The zero-order valence-electron chi connectivity index (χ0n) is 9.44. The number of aromatic nitrogens is 2. The molecule has 0 amide bonds. The van der Waals surface area contributed by atoms with E-state index in [1.807, 2.05) is 0 Å². The Kier molecular flexibility index (Phi) is 4.09. The minimum atomic E-state index is -2.97. The lowest BCUT2D eigenvalue weighted by molar-refractivity contribution is 0.601. The van der Waals surface area contributed by atoms with Gasteiger partial charge >= 0.3 is 0 Å². The molecule has 0 unspecified atom stereocenters. The normalized spacial score (nSPS) is 11.5. The van der Waals surface area contributed by atoms with E-state index in [-0.39, 0.29) is 5.75 Å². The Morgan fingerprint density at radius 3 is 2.56 bits per heavy atom. The summed E-state index contributed by atoms with van der Waals surface area (Å²) >= 11 is 5.79. The van der Waals surface area contributed by atoms with Crippen LogP contribution in [0.2, 0.25) is 5.15 Å². The molecule has 0 saturated carbocycles. The van der Waals surface area contributed by atoms with E-state index < -0.39 is 9.84 Å². The first-order valence-corrected chi connectivity index (χ1v) is 7.12. The van der Waals surface area contributed by atoms with Crippen LogP contribution < -0.4 is 4.90 Å². The Bertz CT molecular complexity index is 455. The van der Waals surface area contributed by atoms with Gasteiger partial charge < -0.3 is 4.90 Å². The van der Waals surface area contributed by atoms with Crippen molar-refractivity contribution in [1.29, 1.82) is 0 Å². The van der Waals surface area contributed by atoms with Crippen molar-refractivity contribution in [1.82, 2.24) is 9.97 Å². The lowest BCUT2D eigenvalue weighted by atomic mass is 10.5. The first-order valence-electron chi connectivity index (χ1n) is 4.68. The van der Waals surface area contributed by atoms with Crippen LogP contribution in [-0.4, -0.2) is 44.0 Å². The Balaban J connectivity index is 2.76. The lowest BCUT2D eigenvalue weighted by Crippen LogP contribution is -2.25. The van der Waals surface area contributed by atoms with Gasteiger partial charge in [0.2, 0.25) is 0 Å². The molecule has 0 saturated heterocycles. The van der Waals surface area contributed by atoms with E-state index in [1.165, 1.54) is 6.26 Å². The van der Waals surface area contributed by atoms with Gasteiger partial charge in [-0.15, -0.1) is 0 Å². The Morgan fingerprint density at radius 1 is 1.44 bits per heavy atom. The predicted molar refractivity (Wildman–Crippen MR) is 64.8 cm³/mol. The maximum atomic E-state index is 11.0. The number of anilines is 1. The van der Waals surface area contributed by atoms with E-state index in [4.69, 9.17) is 11.6 Å². The van der Waals surface area contributed by atoms with Crippen LogP contribution in [0.1, 0.15) is 5.82 Å². The smallest absolute Gasteiger partial charge is 0.149 e. The number of hydrogen-bond acceptors (Lipinski definition) is 5. The Hall–Kier alpha value is -0.880. The molecule has 5 nitrogen and oxygen atoms in total. The van der Waals surface area contributed by atoms with E-state index in [0.717, 1.165) is 0 Å². The largest absolute Gasteiger partial charge is 0.359 e. The molecule has 1 aromatic heterocycles. The average Bonchev–Trinajstić information content (AvgIpc) is 2.11. The molecule has 0 radical (unpaired) electrons. The molecule has 0 atom stereocenters. The number of rotatable bonds is 4. The molecule has 0 spiro atoms. The summed E-state index contributed by atoms with van der Waals surface area (Å²) in [5, 5.41) is 0.355. The van der Waals surface area contributed by atoms with Crippen LogP contribution in [0.5, 0.6) is 0 Å². The molecule has 0 aliphatic rings. The molecule has 1 aromatic rings. The highest BCUT2D eigenvalue weighted by Crippen LogP contribution is 2.14. The third-order valence-corrected chi connectivity index (χ3v) is 3.10. The van der Waals surface area contributed by atoms with Gasteiger partial charge in [0.1, 0.15) is 26.6 Å². The molecule has 0 bridgehead atoms. The average molecular weight is 264 g/mol. The van der Waals surface area contributed by atoms with Gasteiger partial charge in [0.25, 0.3) is 0 Å². The van der Waals surface area contributed by atoms with E-state index in [0.29, 0.717) is 23.3 Å². The zero-order chi connectivity index (χ0) is 12.3. The summed E-state index contributed by atoms with van der Waals surface area (Å²) in [6.45, 7) is 2.12. The summed E-state index contributed by atoms with van der Waals surface area (Å²) in [6, 6.07) is 1.61. The van der Waals surface area contributed by atoms with Crippen LogP contribution in [0.4, 0.5) is 5.82 Å². The van der Waals surface area contributed by atoms with Crippen LogP contribution in [-0.2, 0) is 9.84 Å². The number of nitrogens with zero attached hydrogens (tertiary/aromatic N) is 3. The van der Waals surface area contributed by atoms with E-state index in [1.54, 1.807) is 24.9 Å². The minimum absolute atomic E-state index is 0.0875. The molecule has 7 heteroatoms. The van der Waals surface area contributed by atoms with Crippen LogP contribution in [0.15, 0.2) is 6.07 Å². The van der Waals surface area contributed by atoms with Crippen molar-refractivity contribution in [2.75, 3.05) is 30.5 Å². The molecular formula is C9H14ClN3O2S. The van der Waals surface area contributed by atoms with E-state index >= 15 is 0 Å². The van der Waals surface area contributed by atoms with E-state index in [2.05, 4.69) is 9.97 Å². The first-order chi connectivity index (χ1) is 7.28. The summed E-state index contributed by atoms with van der Waals surface area (Å²) in [7, 11) is -1.20. The van der Waals surface area contributed by atoms with Crippen molar-refractivity contribution in [2.45, 2.75) is 6.92 Å². The van der Waals surface area contributed by atoms with Crippen molar-refractivity contribution in [2.24, 2.45) is 0 Å². The summed E-state index contributed by atoms with van der Waals surface area (Å²) in [5.41, 5.74) is 0. The monoisotopic (exact) mass is 263 g/mol. The van der Waals surface area contributed by atoms with Gasteiger partial charge in [0.05, 0.1) is 5.75 Å². The van der Waals surface area contributed by atoms with Crippen molar-refractivity contribution in [3.8, 4) is 0 Å². The van der Waals surface area contributed by atoms with Crippen molar-refractivity contribution >= 4 is 27.3 Å². The van der Waals surface area contributed by atoms with Gasteiger partial charge in [0.15, 0.2) is 0 Å². The lowest BCUT2D eigenvalue weighted by Gasteiger charge is -2.17. The predicted octanol–water partition coefficient (Wildman–Crippen LogP) is 0.919. The van der Waals surface area contributed by atoms with Gasteiger partial charge in [0, 0.05) is 25.9 Å². The van der Waals surface area contributed by atoms with Crippen molar-refractivity contribution < 1.29 is 8.42 Å². The maximum absolute atomic E-state index is 11.0. The van der Waals surface area contributed by atoms with Gasteiger partial charge in [-0.1, -0.05) is 11.6 Å². The standard InChI is InChI=1S/C9H14ClN3O2S/c1-7-11-8(10)6-9(12-7)13(2)4-5-16(3,14)15/h6H,4-5H2,1-3H3. The molecule has 0 aromatic carbocycles. The summed E-state index contributed by atoms with van der Waals surface area (Å²) in [4.78, 5) is 9.84. The zero-order valence-corrected chi connectivity index (χ0v) is 11.0. The molecule has 0 aliphatic heterocycles. The molecule has 1 heterocycles. The third-order valence-electron chi connectivity index (χ3n) is 1.98. The SMILES string of the molecule is Cc1nc(Cl)cc(N(C)CCS(C)(=O)=O)n1. The van der Waals surface area contributed by atoms with Crippen LogP contribution in [0.25, 0.3) is 0 Å². The Morgan fingerprint density at radius 2 is 2.06 bits per heavy atom. The number of sulfone groups is 1. The van der Waals surface area contributed by atoms with Crippen LogP contribution in [0, 0.1) is 6.92 Å². The second kappa shape index (κ2) is 4.97. The van der Waals surface area contributed by atoms with Gasteiger partial charge in [-0.05, 0) is 6.92 Å². The first kappa shape index (κ1) is 13.2. The van der Waals surface area contributed by atoms with Gasteiger partial charge in [-0.2, -0.15) is 0 Å². The highest BCUT2D eigenvalue weighted by atomic mass is 35.5. The molecular weight excluding hydrogens is 250 g/mol. The fourth-order valence-electron chi connectivity index (χ4n) is 1.13. The quantitative estimate of drug-likeness (QED) is 0.756. The van der Waals surface area contributed by atoms with Gasteiger partial charge in [-0.3, -0.25) is 0 Å². The second-order valence-corrected chi connectivity index (χ2v) is 6.29. The molecule has 0 aliphatic carbocycles. The molecule has 16 heavy (non-hydrogen) atoms. The highest BCUT2D eigenvalue weighted by Gasteiger charge is 2.09. The summed E-state index contributed by atoms with van der Waals surface area (Å²) < 4.78 is 22.0. The molecule has 0 fully saturated rings. The number of halogens is 1.